The highest BCUT2D eigenvalue weighted by atomic mass is 28.4. The van der Waals surface area contributed by atoms with E-state index in [9.17, 15) is 9.90 Å². The van der Waals surface area contributed by atoms with Crippen LogP contribution in [0.1, 0.15) is 56.5 Å². The summed E-state index contributed by atoms with van der Waals surface area (Å²) >= 11 is 0. The summed E-state index contributed by atoms with van der Waals surface area (Å²) in [6, 6.07) is 8.77. The molecule has 8 nitrogen and oxygen atoms in total. The lowest BCUT2D eigenvalue weighted by Crippen LogP contribution is -2.57. The van der Waals surface area contributed by atoms with Gasteiger partial charge in [0.2, 0.25) is 5.88 Å². The standard InChI is InChI=1S/C23H30N4O4Si/c1-22(2,3)32(5,6)31-23(4)11-16(12-23)30-20-17(21(28)29)18(25)26-19(27-20)15-9-7-8-14(10-15)13-24/h7-10,16H,11-12H2,1-6H3,(H,28,29)(H2,25,26,27). The fourth-order valence-electron chi connectivity index (χ4n) is 3.60. The van der Waals surface area contributed by atoms with E-state index in [1.54, 1.807) is 24.3 Å². The Morgan fingerprint density at radius 2 is 1.97 bits per heavy atom. The first-order chi connectivity index (χ1) is 14.7. The Bertz CT molecular complexity index is 1080. The number of hydrogen-bond acceptors (Lipinski definition) is 7. The summed E-state index contributed by atoms with van der Waals surface area (Å²) in [5, 5.41) is 18.9. The van der Waals surface area contributed by atoms with Crippen molar-refractivity contribution in [3.8, 4) is 23.3 Å². The minimum atomic E-state index is -1.95. The third-order valence-electron chi connectivity index (χ3n) is 6.27. The van der Waals surface area contributed by atoms with Crippen molar-refractivity contribution < 1.29 is 19.1 Å². The zero-order valence-electron chi connectivity index (χ0n) is 19.4. The van der Waals surface area contributed by atoms with Gasteiger partial charge in [0.05, 0.1) is 17.2 Å². The summed E-state index contributed by atoms with van der Waals surface area (Å²) in [6.07, 6.45) is 1.01. The molecule has 1 aromatic carbocycles. The Hall–Kier alpha value is -2.96. The van der Waals surface area contributed by atoms with Gasteiger partial charge in [-0.05, 0) is 37.2 Å². The average Bonchev–Trinajstić information content (AvgIpc) is 2.64. The maximum absolute atomic E-state index is 11.8. The van der Waals surface area contributed by atoms with E-state index >= 15 is 0 Å². The zero-order chi connectivity index (χ0) is 23.9. The molecule has 0 unspecified atom stereocenters. The molecule has 0 bridgehead atoms. The Morgan fingerprint density at radius 1 is 1.31 bits per heavy atom. The summed E-state index contributed by atoms with van der Waals surface area (Å²) in [6.45, 7) is 13.1. The smallest absolute Gasteiger partial charge is 0.345 e. The number of nitrogens with two attached hydrogens (primary N) is 1. The second-order valence-electron chi connectivity index (χ2n) is 10.1. The van der Waals surface area contributed by atoms with E-state index < -0.39 is 14.3 Å². The first kappa shape index (κ1) is 23.7. The van der Waals surface area contributed by atoms with Crippen LogP contribution < -0.4 is 10.5 Å². The molecule has 32 heavy (non-hydrogen) atoms. The highest BCUT2D eigenvalue weighted by Gasteiger charge is 2.50. The number of nitriles is 1. The minimum absolute atomic E-state index is 0.0678. The van der Waals surface area contributed by atoms with Gasteiger partial charge < -0.3 is 20.0 Å². The third-order valence-corrected chi connectivity index (χ3v) is 10.9. The van der Waals surface area contributed by atoms with Crippen molar-refractivity contribution in [2.45, 2.75) is 70.4 Å². The van der Waals surface area contributed by atoms with Gasteiger partial charge in [-0.25, -0.2) is 9.78 Å². The van der Waals surface area contributed by atoms with Gasteiger partial charge in [-0.3, -0.25) is 0 Å². The SMILES string of the molecule is CC1(O[Si](C)(C)C(C)(C)C)CC(Oc2nc(-c3cccc(C#N)c3)nc(N)c2C(=O)O)C1. The summed E-state index contributed by atoms with van der Waals surface area (Å²) in [7, 11) is -1.95. The molecule has 3 rings (SSSR count). The van der Waals surface area contributed by atoms with Crippen LogP contribution >= 0.6 is 0 Å². The number of carboxylic acid groups (broad SMARTS) is 1. The first-order valence-corrected chi connectivity index (χ1v) is 13.4. The predicted octanol–water partition coefficient (Wildman–Crippen LogP) is 4.62. The normalized spacial score (nSPS) is 20.8. The number of aromatic nitrogens is 2. The number of nitrogens with zero attached hydrogens (tertiary/aromatic N) is 3. The maximum atomic E-state index is 11.8. The molecule has 3 N–H and O–H groups in total. The molecule has 0 amide bonds. The van der Waals surface area contributed by atoms with Gasteiger partial charge in [-0.2, -0.15) is 10.2 Å². The summed E-state index contributed by atoms with van der Waals surface area (Å²) in [5.41, 5.74) is 6.36. The van der Waals surface area contributed by atoms with Crippen molar-refractivity contribution in [1.82, 2.24) is 9.97 Å². The molecule has 0 spiro atoms. The number of anilines is 1. The van der Waals surface area contributed by atoms with E-state index in [4.69, 9.17) is 20.2 Å². The van der Waals surface area contributed by atoms with Crippen molar-refractivity contribution in [3.05, 3.63) is 35.4 Å². The average molecular weight is 455 g/mol. The number of hydrogen-bond donors (Lipinski definition) is 2. The fourth-order valence-corrected chi connectivity index (χ4v) is 5.30. The Morgan fingerprint density at radius 3 is 2.53 bits per heavy atom. The molecule has 1 heterocycles. The van der Waals surface area contributed by atoms with Crippen LogP contribution in [0.15, 0.2) is 24.3 Å². The Kier molecular flexibility index (Phi) is 6.06. The van der Waals surface area contributed by atoms with E-state index in [1.807, 2.05) is 0 Å². The summed E-state index contributed by atoms with van der Waals surface area (Å²) in [5.74, 6) is -1.30. The van der Waals surface area contributed by atoms with Crippen molar-refractivity contribution >= 4 is 20.1 Å². The van der Waals surface area contributed by atoms with E-state index in [0.717, 1.165) is 0 Å². The van der Waals surface area contributed by atoms with Crippen molar-refractivity contribution in [1.29, 1.82) is 5.26 Å². The van der Waals surface area contributed by atoms with Crippen LogP contribution in [0, 0.1) is 11.3 Å². The molecule has 0 radical (unpaired) electrons. The molecule has 170 valence electrons. The highest BCUT2D eigenvalue weighted by molar-refractivity contribution is 6.74. The monoisotopic (exact) mass is 454 g/mol. The van der Waals surface area contributed by atoms with Crippen LogP contribution in [0.3, 0.4) is 0 Å². The van der Waals surface area contributed by atoms with Gasteiger partial charge in [-0.1, -0.05) is 32.9 Å². The minimum Gasteiger partial charge on any atom is -0.477 e. The lowest BCUT2D eigenvalue weighted by atomic mass is 9.79. The molecule has 1 fully saturated rings. The largest absolute Gasteiger partial charge is 0.477 e. The number of carboxylic acids is 1. The predicted molar refractivity (Wildman–Crippen MR) is 124 cm³/mol. The molecule has 9 heteroatoms. The molecular weight excluding hydrogens is 424 g/mol. The van der Waals surface area contributed by atoms with Gasteiger partial charge in [0.1, 0.15) is 11.9 Å². The van der Waals surface area contributed by atoms with E-state index in [1.165, 1.54) is 0 Å². The molecular formula is C23H30N4O4Si. The lowest BCUT2D eigenvalue weighted by Gasteiger charge is -2.51. The van der Waals surface area contributed by atoms with Crippen molar-refractivity contribution in [2.75, 3.05) is 5.73 Å². The number of rotatable bonds is 6. The van der Waals surface area contributed by atoms with E-state index in [2.05, 4.69) is 56.8 Å². The third kappa shape index (κ3) is 4.76. The molecule has 1 aromatic heterocycles. The number of carbonyl (C=O) groups is 1. The van der Waals surface area contributed by atoms with Crippen LogP contribution in [0.25, 0.3) is 11.4 Å². The van der Waals surface area contributed by atoms with E-state index in [0.29, 0.717) is 24.0 Å². The number of benzene rings is 1. The maximum Gasteiger partial charge on any atom is 0.345 e. The highest BCUT2D eigenvalue weighted by Crippen LogP contribution is 2.46. The fraction of sp³-hybridized carbons (Fsp3) is 0.478. The first-order valence-electron chi connectivity index (χ1n) is 10.5. The topological polar surface area (TPSA) is 131 Å². The number of aromatic carboxylic acids is 1. The molecule has 1 aliphatic rings. The quantitative estimate of drug-likeness (QED) is 0.605. The van der Waals surface area contributed by atoms with Crippen molar-refractivity contribution in [2.24, 2.45) is 0 Å². The van der Waals surface area contributed by atoms with Crippen LogP contribution in [-0.2, 0) is 4.43 Å². The van der Waals surface area contributed by atoms with Crippen LogP contribution in [0.2, 0.25) is 18.1 Å². The molecule has 1 saturated carbocycles. The van der Waals surface area contributed by atoms with Gasteiger partial charge in [0.15, 0.2) is 19.7 Å². The summed E-state index contributed by atoms with van der Waals surface area (Å²) < 4.78 is 12.6. The van der Waals surface area contributed by atoms with Crippen molar-refractivity contribution in [3.63, 3.8) is 0 Å². The lowest BCUT2D eigenvalue weighted by molar-refractivity contribution is -0.0803. The number of ether oxygens (including phenoxy) is 1. The molecule has 0 saturated heterocycles. The summed E-state index contributed by atoms with van der Waals surface area (Å²) in [4.78, 5) is 20.3. The van der Waals surface area contributed by atoms with Gasteiger partial charge in [-0.15, -0.1) is 0 Å². The van der Waals surface area contributed by atoms with Gasteiger partial charge in [0, 0.05) is 18.4 Å². The Balaban J connectivity index is 1.84. The molecule has 2 aromatic rings. The molecule has 1 aliphatic carbocycles. The zero-order valence-corrected chi connectivity index (χ0v) is 20.4. The second-order valence-corrected chi connectivity index (χ2v) is 14.8. The van der Waals surface area contributed by atoms with Crippen LogP contribution in [-0.4, -0.2) is 41.1 Å². The second kappa shape index (κ2) is 8.19. The van der Waals surface area contributed by atoms with Gasteiger partial charge >= 0.3 is 5.97 Å². The molecule has 0 aliphatic heterocycles. The molecule has 0 atom stereocenters. The Labute approximate surface area is 189 Å². The van der Waals surface area contributed by atoms with Crippen LogP contribution in [0.4, 0.5) is 5.82 Å². The van der Waals surface area contributed by atoms with Gasteiger partial charge in [0.25, 0.3) is 0 Å². The van der Waals surface area contributed by atoms with Crippen LogP contribution in [0.5, 0.6) is 5.88 Å². The van der Waals surface area contributed by atoms with E-state index in [-0.39, 0.29) is 39.8 Å². The number of nitrogen functional groups attached to an aromatic ring is 1.